The third kappa shape index (κ3) is 11.3. The molecule has 2 aliphatic heterocycles. The van der Waals surface area contributed by atoms with Crippen molar-refractivity contribution in [3.05, 3.63) is 77.2 Å². The SMILES string of the molecule is CC(C)(C)OC(=O)N[C@H](COCc1ccccc1)C(=O)Nc1cccc(-c2ccc([C@@]3(CC(=O)NOC4CCCCO4)CCCCS3)s2)c1. The number of hydrogen-bond acceptors (Lipinski definition) is 9. The van der Waals surface area contributed by atoms with E-state index in [0.29, 0.717) is 25.3 Å². The molecule has 0 radical (unpaired) electrons. The lowest BCUT2D eigenvalue weighted by Crippen LogP contribution is -2.48. The third-order valence-electron chi connectivity index (χ3n) is 8.11. The summed E-state index contributed by atoms with van der Waals surface area (Å²) in [7, 11) is 0. The molecular formula is C37H47N3O7S2. The van der Waals surface area contributed by atoms with Crippen molar-refractivity contribution in [2.75, 3.05) is 24.3 Å². The monoisotopic (exact) mass is 709 g/mol. The molecule has 2 fully saturated rings. The van der Waals surface area contributed by atoms with Crippen LogP contribution in [0.2, 0.25) is 0 Å². The normalized spacial score (nSPS) is 20.2. The molecular weight excluding hydrogens is 663 g/mol. The van der Waals surface area contributed by atoms with Gasteiger partial charge < -0.3 is 24.8 Å². The molecule has 3 aromatic rings. The number of nitrogens with one attached hydrogen (secondary N) is 3. The molecule has 2 saturated heterocycles. The van der Waals surface area contributed by atoms with Crippen molar-refractivity contribution in [3.8, 4) is 10.4 Å². The Balaban J connectivity index is 1.25. The molecule has 2 aliphatic rings. The van der Waals surface area contributed by atoms with E-state index >= 15 is 0 Å². The Bertz CT molecular complexity index is 1530. The van der Waals surface area contributed by atoms with E-state index in [2.05, 4.69) is 28.2 Å². The van der Waals surface area contributed by atoms with Crippen molar-refractivity contribution in [2.24, 2.45) is 0 Å². The number of amides is 3. The minimum Gasteiger partial charge on any atom is -0.444 e. The van der Waals surface area contributed by atoms with Crippen LogP contribution in [0.1, 0.15) is 76.2 Å². The number of benzene rings is 2. The van der Waals surface area contributed by atoms with Gasteiger partial charge in [-0.05, 0) is 87.6 Å². The number of hydroxylamine groups is 1. The zero-order valence-electron chi connectivity index (χ0n) is 28.5. The Labute approximate surface area is 297 Å². The van der Waals surface area contributed by atoms with E-state index in [1.165, 1.54) is 0 Å². The van der Waals surface area contributed by atoms with Gasteiger partial charge in [-0.15, -0.1) is 23.1 Å². The summed E-state index contributed by atoms with van der Waals surface area (Å²) in [5, 5.41) is 5.61. The summed E-state index contributed by atoms with van der Waals surface area (Å²) in [5.74, 6) is 0.417. The van der Waals surface area contributed by atoms with Gasteiger partial charge in [-0.2, -0.15) is 0 Å². The van der Waals surface area contributed by atoms with E-state index in [1.54, 1.807) is 32.1 Å². The third-order valence-corrected chi connectivity index (χ3v) is 11.2. The predicted octanol–water partition coefficient (Wildman–Crippen LogP) is 7.54. The Morgan fingerprint density at radius 2 is 1.84 bits per heavy atom. The molecule has 3 N–H and O–H groups in total. The van der Waals surface area contributed by atoms with E-state index in [4.69, 9.17) is 19.0 Å². The van der Waals surface area contributed by atoms with Gasteiger partial charge in [0.25, 0.3) is 0 Å². The molecule has 49 heavy (non-hydrogen) atoms. The zero-order valence-corrected chi connectivity index (χ0v) is 30.1. The molecule has 2 aromatic carbocycles. The van der Waals surface area contributed by atoms with Crippen molar-refractivity contribution in [2.45, 2.75) is 95.0 Å². The zero-order chi connectivity index (χ0) is 34.7. The molecule has 10 nitrogen and oxygen atoms in total. The fourth-order valence-corrected chi connectivity index (χ4v) is 8.61. The Morgan fingerprint density at radius 3 is 2.57 bits per heavy atom. The lowest BCUT2D eigenvalue weighted by atomic mass is 9.94. The highest BCUT2D eigenvalue weighted by Crippen LogP contribution is 2.51. The maximum Gasteiger partial charge on any atom is 0.408 e. The van der Waals surface area contributed by atoms with Crippen LogP contribution in [0.3, 0.4) is 0 Å². The van der Waals surface area contributed by atoms with Gasteiger partial charge in [-0.25, -0.2) is 15.1 Å². The molecule has 3 amide bonds. The number of rotatable bonds is 13. The van der Waals surface area contributed by atoms with Gasteiger partial charge in [0.1, 0.15) is 11.6 Å². The van der Waals surface area contributed by atoms with Crippen molar-refractivity contribution in [1.82, 2.24) is 10.8 Å². The van der Waals surface area contributed by atoms with Crippen LogP contribution in [0.15, 0.2) is 66.7 Å². The summed E-state index contributed by atoms with van der Waals surface area (Å²) in [6, 6.07) is 20.4. The first-order chi connectivity index (χ1) is 23.6. The second kappa shape index (κ2) is 17.5. The van der Waals surface area contributed by atoms with Gasteiger partial charge in [0, 0.05) is 34.9 Å². The largest absolute Gasteiger partial charge is 0.444 e. The first-order valence-corrected chi connectivity index (χ1v) is 18.7. The maximum atomic E-state index is 13.5. The van der Waals surface area contributed by atoms with Crippen LogP contribution in [-0.4, -0.2) is 54.8 Å². The molecule has 264 valence electrons. The number of hydrogen-bond donors (Lipinski definition) is 3. The smallest absolute Gasteiger partial charge is 0.408 e. The standard InChI is InChI=1S/C37H47N3O7S2/c1-36(2,3)46-35(43)39-29(25-44-24-26-12-5-4-6-13-26)34(42)38-28-15-11-14-27(22-28)30-17-18-31(49-30)37(19-8-10-21-48-37)23-32(41)40-47-33-16-7-9-20-45-33/h4-6,11-15,17-18,22,29,33H,7-10,16,19-21,23-25H2,1-3H3,(H,38,42)(H,39,43)(H,40,41)/t29-,33?,37+/m1/s1. The Kier molecular flexibility index (Phi) is 13.2. The van der Waals surface area contributed by atoms with Gasteiger partial charge in [0.15, 0.2) is 6.29 Å². The molecule has 3 atom stereocenters. The highest BCUT2D eigenvalue weighted by Gasteiger charge is 2.38. The van der Waals surface area contributed by atoms with E-state index < -0.39 is 23.6 Å². The van der Waals surface area contributed by atoms with Crippen molar-refractivity contribution >= 4 is 46.7 Å². The highest BCUT2D eigenvalue weighted by atomic mass is 32.2. The second-order valence-electron chi connectivity index (χ2n) is 13.3. The number of thioether (sulfide) groups is 1. The Morgan fingerprint density at radius 1 is 1.00 bits per heavy atom. The summed E-state index contributed by atoms with van der Waals surface area (Å²) in [6.45, 7) is 6.19. The Hall–Kier alpha value is -3.42. The summed E-state index contributed by atoms with van der Waals surface area (Å²) >= 11 is 3.50. The fraction of sp³-hybridized carbons (Fsp3) is 0.486. The molecule has 3 heterocycles. The number of alkyl carbamates (subject to hydrolysis) is 1. The van der Waals surface area contributed by atoms with Crippen LogP contribution < -0.4 is 16.1 Å². The first-order valence-electron chi connectivity index (χ1n) is 16.9. The van der Waals surface area contributed by atoms with E-state index in [9.17, 15) is 14.4 Å². The molecule has 0 bridgehead atoms. The fourth-order valence-electron chi connectivity index (χ4n) is 5.72. The summed E-state index contributed by atoms with van der Waals surface area (Å²) in [4.78, 5) is 47.0. The number of thiophene rings is 1. The van der Waals surface area contributed by atoms with Crippen molar-refractivity contribution < 1.29 is 33.4 Å². The van der Waals surface area contributed by atoms with E-state index in [1.807, 2.05) is 66.4 Å². The number of carbonyl (C=O) groups excluding carboxylic acids is 3. The number of ether oxygens (including phenoxy) is 3. The van der Waals surface area contributed by atoms with Gasteiger partial charge in [0.2, 0.25) is 11.8 Å². The van der Waals surface area contributed by atoms with Crippen LogP contribution in [0, 0.1) is 0 Å². The summed E-state index contributed by atoms with van der Waals surface area (Å²) < 4.78 is 16.5. The van der Waals surface area contributed by atoms with Gasteiger partial charge >= 0.3 is 6.09 Å². The highest BCUT2D eigenvalue weighted by molar-refractivity contribution is 8.00. The summed E-state index contributed by atoms with van der Waals surface area (Å²) in [6.07, 6.45) is 5.12. The van der Waals surface area contributed by atoms with Crippen LogP contribution >= 0.6 is 23.1 Å². The van der Waals surface area contributed by atoms with E-state index in [0.717, 1.165) is 65.2 Å². The van der Waals surface area contributed by atoms with Crippen LogP contribution in [0.4, 0.5) is 10.5 Å². The number of anilines is 1. The van der Waals surface area contributed by atoms with Crippen LogP contribution in [-0.2, 0) is 40.0 Å². The molecule has 0 aliphatic carbocycles. The van der Waals surface area contributed by atoms with Gasteiger partial charge in [0.05, 0.1) is 18.0 Å². The van der Waals surface area contributed by atoms with Gasteiger partial charge in [-0.1, -0.05) is 48.9 Å². The molecule has 0 spiro atoms. The number of carbonyl (C=O) groups is 3. The summed E-state index contributed by atoms with van der Waals surface area (Å²) in [5.41, 5.74) is 4.41. The predicted molar refractivity (Wildman–Crippen MR) is 193 cm³/mol. The second-order valence-corrected chi connectivity index (χ2v) is 15.9. The average Bonchev–Trinajstić information content (AvgIpc) is 3.59. The lowest BCUT2D eigenvalue weighted by molar-refractivity contribution is -0.200. The lowest BCUT2D eigenvalue weighted by Gasteiger charge is -2.35. The first kappa shape index (κ1) is 36.9. The maximum absolute atomic E-state index is 13.5. The van der Waals surface area contributed by atoms with Crippen molar-refractivity contribution in [3.63, 3.8) is 0 Å². The molecule has 0 saturated carbocycles. The average molecular weight is 710 g/mol. The topological polar surface area (TPSA) is 124 Å². The molecule has 5 rings (SSSR count). The van der Waals surface area contributed by atoms with E-state index in [-0.39, 0.29) is 23.6 Å². The molecule has 1 aromatic heterocycles. The minimum atomic E-state index is -0.987. The molecule has 12 heteroatoms. The van der Waals surface area contributed by atoms with Crippen LogP contribution in [0.5, 0.6) is 0 Å². The minimum absolute atomic E-state index is 0.0417. The quantitative estimate of drug-likeness (QED) is 0.156. The van der Waals surface area contributed by atoms with Gasteiger partial charge in [-0.3, -0.25) is 9.59 Å². The molecule has 1 unspecified atom stereocenters. The van der Waals surface area contributed by atoms with Crippen molar-refractivity contribution in [1.29, 1.82) is 0 Å². The van der Waals surface area contributed by atoms with Crippen LogP contribution in [0.25, 0.3) is 10.4 Å².